The second-order valence-corrected chi connectivity index (χ2v) is 9.03. The molecular formula is C25H26F2N2O3. The molecule has 7 heteroatoms. The fourth-order valence-electron chi connectivity index (χ4n) is 5.31. The van der Waals surface area contributed by atoms with Gasteiger partial charge in [-0.2, -0.15) is 0 Å². The number of rotatable bonds is 6. The molecule has 5 rings (SSSR count). The first-order valence-electron chi connectivity index (χ1n) is 10.8. The predicted molar refractivity (Wildman–Crippen MR) is 117 cm³/mol. The molecule has 1 aliphatic heterocycles. The van der Waals surface area contributed by atoms with Crippen LogP contribution in [0.3, 0.4) is 0 Å². The summed E-state index contributed by atoms with van der Waals surface area (Å²) in [6.07, 6.45) is 2.76. The van der Waals surface area contributed by atoms with E-state index in [4.69, 9.17) is 9.47 Å². The van der Waals surface area contributed by atoms with Gasteiger partial charge in [0.1, 0.15) is 11.5 Å². The van der Waals surface area contributed by atoms with Gasteiger partial charge in [0.25, 0.3) is 12.4 Å². The Balaban J connectivity index is 1.51. The van der Waals surface area contributed by atoms with Crippen LogP contribution in [0.4, 0.5) is 8.78 Å². The Morgan fingerprint density at radius 3 is 2.66 bits per heavy atom. The molecule has 1 aliphatic carbocycles. The number of likely N-dealkylation sites (tertiary alicyclic amines) is 1. The number of aryl methyl sites for hydroxylation is 1. The highest BCUT2D eigenvalue weighted by Gasteiger charge is 2.71. The molecule has 2 unspecified atom stereocenters. The number of carbonyl (C=O) groups is 1. The van der Waals surface area contributed by atoms with E-state index in [-0.39, 0.29) is 12.5 Å². The molecule has 168 valence electrons. The topological polar surface area (TPSA) is 54.6 Å². The molecule has 3 aromatic rings. The largest absolute Gasteiger partial charge is 0.496 e. The van der Waals surface area contributed by atoms with E-state index in [1.54, 1.807) is 19.2 Å². The minimum absolute atomic E-state index is 0.0351. The standard InChI is InChI=1S/C25H26F2N2O3/c1-16-11-22(31-2)20(19-7-9-28-23(16)19)13-29-10-8-24(14-25(24,26)27)12-21(29)17-3-5-18(6-4-17)32-15-30/h3-7,9,11,15,21,28H,8,10,12-14H2,1-2H3. The quantitative estimate of drug-likeness (QED) is 0.523. The number of hydrogen-bond donors (Lipinski definition) is 1. The average Bonchev–Trinajstić information content (AvgIpc) is 3.10. The number of benzene rings is 2. The smallest absolute Gasteiger partial charge is 0.298 e. The zero-order valence-corrected chi connectivity index (χ0v) is 18.2. The molecule has 32 heavy (non-hydrogen) atoms. The molecule has 1 aromatic heterocycles. The molecule has 5 nitrogen and oxygen atoms in total. The lowest BCUT2D eigenvalue weighted by Gasteiger charge is -2.40. The monoisotopic (exact) mass is 440 g/mol. The first-order valence-corrected chi connectivity index (χ1v) is 10.8. The number of hydrogen-bond acceptors (Lipinski definition) is 4. The minimum atomic E-state index is -2.59. The molecule has 2 heterocycles. The van der Waals surface area contributed by atoms with Crippen molar-refractivity contribution in [3.8, 4) is 11.5 Å². The molecule has 2 atom stereocenters. The number of carbonyl (C=O) groups excluding carboxylic acids is 1. The van der Waals surface area contributed by atoms with Gasteiger partial charge in [0.05, 0.1) is 7.11 Å². The number of aromatic nitrogens is 1. The van der Waals surface area contributed by atoms with Crippen LogP contribution in [-0.2, 0) is 11.3 Å². The summed E-state index contributed by atoms with van der Waals surface area (Å²) in [7, 11) is 1.66. The van der Waals surface area contributed by atoms with Gasteiger partial charge in [-0.05, 0) is 61.7 Å². The molecule has 1 saturated heterocycles. The maximum absolute atomic E-state index is 14.3. The van der Waals surface area contributed by atoms with Gasteiger partial charge in [0, 0.05) is 47.1 Å². The molecule has 2 aliphatic rings. The molecule has 0 bridgehead atoms. The average molecular weight is 440 g/mol. The number of nitrogens with one attached hydrogen (secondary N) is 1. The highest BCUT2D eigenvalue weighted by Crippen LogP contribution is 2.68. The van der Waals surface area contributed by atoms with Gasteiger partial charge in [-0.3, -0.25) is 9.69 Å². The summed E-state index contributed by atoms with van der Waals surface area (Å²) in [6.45, 7) is 3.59. The normalized spacial score (nSPS) is 24.6. The zero-order chi connectivity index (χ0) is 22.5. The van der Waals surface area contributed by atoms with Crippen LogP contribution in [-0.4, -0.2) is 35.9 Å². The molecule has 0 amide bonds. The molecule has 0 radical (unpaired) electrons. The zero-order valence-electron chi connectivity index (χ0n) is 18.2. The third-order valence-corrected chi connectivity index (χ3v) is 7.26. The SMILES string of the molecule is COc1cc(C)c2[nH]ccc2c1CN1CCC2(CC1c1ccc(OC=O)cc1)CC2(F)F. The van der Waals surface area contributed by atoms with Crippen LogP contribution in [0, 0.1) is 12.3 Å². The predicted octanol–water partition coefficient (Wildman–Crippen LogP) is 5.38. The summed E-state index contributed by atoms with van der Waals surface area (Å²) in [4.78, 5) is 16.2. The van der Waals surface area contributed by atoms with Crippen molar-refractivity contribution >= 4 is 17.4 Å². The van der Waals surface area contributed by atoms with Gasteiger partial charge in [-0.15, -0.1) is 0 Å². The van der Waals surface area contributed by atoms with E-state index in [2.05, 4.69) is 9.88 Å². The Hall–Kier alpha value is -2.93. The van der Waals surface area contributed by atoms with Crippen LogP contribution < -0.4 is 9.47 Å². The second-order valence-electron chi connectivity index (χ2n) is 9.03. The third kappa shape index (κ3) is 3.35. The molecule has 1 saturated carbocycles. The van der Waals surface area contributed by atoms with Crippen LogP contribution >= 0.6 is 0 Å². The molecule has 1 N–H and O–H groups in total. The Bertz CT molecular complexity index is 1160. The Morgan fingerprint density at radius 1 is 1.25 bits per heavy atom. The van der Waals surface area contributed by atoms with Crippen molar-refractivity contribution in [1.29, 1.82) is 0 Å². The highest BCUT2D eigenvalue weighted by atomic mass is 19.3. The summed E-state index contributed by atoms with van der Waals surface area (Å²) in [5.41, 5.74) is 3.26. The maximum atomic E-state index is 14.3. The van der Waals surface area contributed by atoms with E-state index >= 15 is 0 Å². The van der Waals surface area contributed by atoms with Crippen LogP contribution in [0.15, 0.2) is 42.6 Å². The number of alkyl halides is 2. The Labute approximate surface area is 185 Å². The lowest BCUT2D eigenvalue weighted by Crippen LogP contribution is -2.39. The lowest BCUT2D eigenvalue weighted by molar-refractivity contribution is -0.120. The number of aromatic amines is 1. The number of halogens is 2. The summed E-state index contributed by atoms with van der Waals surface area (Å²) in [5.74, 6) is -1.35. The number of ether oxygens (including phenoxy) is 2. The van der Waals surface area contributed by atoms with Crippen LogP contribution in [0.2, 0.25) is 0 Å². The summed E-state index contributed by atoms with van der Waals surface area (Å²) in [6, 6.07) is 11.1. The number of H-pyrrole nitrogens is 1. The number of piperidine rings is 1. The summed E-state index contributed by atoms with van der Waals surface area (Å²) >= 11 is 0. The Morgan fingerprint density at radius 2 is 2.00 bits per heavy atom. The van der Waals surface area contributed by atoms with Crippen molar-refractivity contribution in [2.24, 2.45) is 5.41 Å². The van der Waals surface area contributed by atoms with E-state index in [9.17, 15) is 13.6 Å². The van der Waals surface area contributed by atoms with Crippen molar-refractivity contribution < 1.29 is 23.0 Å². The molecule has 2 fully saturated rings. The molecule has 2 aromatic carbocycles. The lowest BCUT2D eigenvalue weighted by atomic mass is 9.83. The van der Waals surface area contributed by atoms with Gasteiger partial charge in [0.15, 0.2) is 0 Å². The summed E-state index contributed by atoms with van der Waals surface area (Å²) < 4.78 is 39.2. The van der Waals surface area contributed by atoms with Gasteiger partial charge in [-0.25, -0.2) is 8.78 Å². The van der Waals surface area contributed by atoms with Crippen molar-refractivity contribution in [3.05, 3.63) is 59.3 Å². The van der Waals surface area contributed by atoms with Crippen molar-refractivity contribution in [3.63, 3.8) is 0 Å². The number of nitrogens with zero attached hydrogens (tertiary/aromatic N) is 1. The number of fused-ring (bicyclic) bond motifs is 1. The first kappa shape index (κ1) is 20.9. The van der Waals surface area contributed by atoms with Crippen molar-refractivity contribution in [2.45, 2.75) is 44.7 Å². The molecule has 1 spiro atoms. The maximum Gasteiger partial charge on any atom is 0.298 e. The van der Waals surface area contributed by atoms with E-state index in [1.807, 2.05) is 37.4 Å². The summed E-state index contributed by atoms with van der Waals surface area (Å²) in [5, 5.41) is 1.09. The highest BCUT2D eigenvalue weighted by molar-refractivity contribution is 5.88. The van der Waals surface area contributed by atoms with Crippen LogP contribution in [0.25, 0.3) is 10.9 Å². The van der Waals surface area contributed by atoms with Gasteiger partial charge in [0.2, 0.25) is 0 Å². The Kier molecular flexibility index (Phi) is 4.97. The van der Waals surface area contributed by atoms with E-state index in [1.165, 1.54) is 0 Å². The molecular weight excluding hydrogens is 414 g/mol. The van der Waals surface area contributed by atoms with E-state index < -0.39 is 11.3 Å². The second kappa shape index (κ2) is 7.59. The van der Waals surface area contributed by atoms with Gasteiger partial charge in [-0.1, -0.05) is 12.1 Å². The van der Waals surface area contributed by atoms with Crippen molar-refractivity contribution in [1.82, 2.24) is 9.88 Å². The fraction of sp³-hybridized carbons (Fsp3) is 0.400. The van der Waals surface area contributed by atoms with Gasteiger partial charge >= 0.3 is 0 Å². The van der Waals surface area contributed by atoms with E-state index in [0.29, 0.717) is 38.2 Å². The first-order chi connectivity index (χ1) is 15.4. The van der Waals surface area contributed by atoms with Crippen molar-refractivity contribution in [2.75, 3.05) is 13.7 Å². The minimum Gasteiger partial charge on any atom is -0.496 e. The van der Waals surface area contributed by atoms with Gasteiger partial charge < -0.3 is 14.5 Å². The number of methoxy groups -OCH3 is 1. The third-order valence-electron chi connectivity index (χ3n) is 7.26. The van der Waals surface area contributed by atoms with Crippen LogP contribution in [0.5, 0.6) is 11.5 Å². The fourth-order valence-corrected chi connectivity index (χ4v) is 5.31. The van der Waals surface area contributed by atoms with E-state index in [0.717, 1.165) is 33.3 Å². The van der Waals surface area contributed by atoms with Crippen LogP contribution in [0.1, 0.15) is 42.0 Å².